The van der Waals surface area contributed by atoms with E-state index >= 15 is 0 Å². The van der Waals surface area contributed by atoms with E-state index < -0.39 is 0 Å². The van der Waals surface area contributed by atoms with Gasteiger partial charge in [-0.1, -0.05) is 11.6 Å². The van der Waals surface area contributed by atoms with Crippen molar-refractivity contribution in [2.45, 2.75) is 25.9 Å². The van der Waals surface area contributed by atoms with E-state index in [2.05, 4.69) is 10.4 Å². The molecular weight excluding hydrogens is 268 g/mol. The van der Waals surface area contributed by atoms with Crippen molar-refractivity contribution in [2.24, 2.45) is 7.05 Å². The van der Waals surface area contributed by atoms with Crippen molar-refractivity contribution in [1.82, 2.24) is 15.1 Å². The molecule has 16 heavy (non-hydrogen) atoms. The topological polar surface area (TPSA) is 29.9 Å². The van der Waals surface area contributed by atoms with Gasteiger partial charge in [-0.25, -0.2) is 0 Å². The van der Waals surface area contributed by atoms with Gasteiger partial charge >= 0.3 is 0 Å². The second-order valence-corrected chi connectivity index (χ2v) is 5.05. The highest BCUT2D eigenvalue weighted by molar-refractivity contribution is 6.30. The summed E-state index contributed by atoms with van der Waals surface area (Å²) < 4.78 is 1.66. The second-order valence-electron chi connectivity index (χ2n) is 4.16. The summed E-state index contributed by atoms with van der Waals surface area (Å²) in [6.45, 7) is 4.53. The SMILES string of the molecule is Cc1nn(C)c(Cl)c1CNC(C)(CCl)CCl. The summed E-state index contributed by atoms with van der Waals surface area (Å²) in [5, 5.41) is 8.20. The Bertz CT molecular complexity index is 358. The number of halogens is 3. The summed E-state index contributed by atoms with van der Waals surface area (Å²) in [6, 6.07) is 0. The van der Waals surface area contributed by atoms with Gasteiger partial charge in [-0.3, -0.25) is 4.68 Å². The molecule has 1 rings (SSSR count). The molecule has 6 heteroatoms. The van der Waals surface area contributed by atoms with Gasteiger partial charge in [0.1, 0.15) is 5.15 Å². The summed E-state index contributed by atoms with van der Waals surface area (Å²) >= 11 is 17.8. The normalized spacial score (nSPS) is 12.1. The molecule has 0 aliphatic rings. The molecule has 0 amide bonds. The minimum atomic E-state index is -0.283. The average Bonchev–Trinajstić information content (AvgIpc) is 2.51. The molecule has 0 aromatic carbocycles. The lowest BCUT2D eigenvalue weighted by Crippen LogP contribution is -2.45. The quantitative estimate of drug-likeness (QED) is 0.843. The van der Waals surface area contributed by atoms with E-state index in [1.165, 1.54) is 0 Å². The Hall–Kier alpha value is 0.0400. The van der Waals surface area contributed by atoms with Crippen molar-refractivity contribution in [3.8, 4) is 0 Å². The van der Waals surface area contributed by atoms with E-state index in [-0.39, 0.29) is 5.54 Å². The maximum absolute atomic E-state index is 6.12. The van der Waals surface area contributed by atoms with Gasteiger partial charge in [-0.2, -0.15) is 5.10 Å². The van der Waals surface area contributed by atoms with Crippen molar-refractivity contribution in [1.29, 1.82) is 0 Å². The van der Waals surface area contributed by atoms with Crippen LogP contribution in [0.25, 0.3) is 0 Å². The Kier molecular flexibility index (Phi) is 4.92. The van der Waals surface area contributed by atoms with E-state index in [9.17, 15) is 0 Å². The molecule has 0 bridgehead atoms. The number of aryl methyl sites for hydroxylation is 2. The van der Waals surface area contributed by atoms with Crippen molar-refractivity contribution in [2.75, 3.05) is 11.8 Å². The molecule has 0 spiro atoms. The monoisotopic (exact) mass is 283 g/mol. The zero-order valence-corrected chi connectivity index (χ0v) is 11.9. The molecular formula is C10H16Cl3N3. The fraction of sp³-hybridized carbons (Fsp3) is 0.700. The first kappa shape index (κ1) is 14.1. The fourth-order valence-corrected chi connectivity index (χ4v) is 2.02. The molecule has 0 saturated heterocycles. The number of alkyl halides is 2. The van der Waals surface area contributed by atoms with Crippen LogP contribution in [0, 0.1) is 6.92 Å². The average molecular weight is 285 g/mol. The molecule has 1 heterocycles. The highest BCUT2D eigenvalue weighted by Crippen LogP contribution is 2.19. The van der Waals surface area contributed by atoms with Gasteiger partial charge < -0.3 is 5.32 Å². The van der Waals surface area contributed by atoms with Crippen molar-refractivity contribution in [3.63, 3.8) is 0 Å². The van der Waals surface area contributed by atoms with Crippen LogP contribution in [0.15, 0.2) is 0 Å². The van der Waals surface area contributed by atoms with E-state index in [1.54, 1.807) is 4.68 Å². The number of nitrogens with zero attached hydrogens (tertiary/aromatic N) is 2. The standard InChI is InChI=1S/C10H16Cl3N3/c1-7-8(9(13)16(3)15-7)4-14-10(2,5-11)6-12/h14H,4-6H2,1-3H3. The molecule has 0 aliphatic heterocycles. The highest BCUT2D eigenvalue weighted by Gasteiger charge is 2.22. The number of nitrogens with one attached hydrogen (secondary N) is 1. The van der Waals surface area contributed by atoms with Gasteiger partial charge in [-0.15, -0.1) is 23.2 Å². The Morgan fingerprint density at radius 2 is 1.94 bits per heavy atom. The molecule has 92 valence electrons. The first-order valence-electron chi connectivity index (χ1n) is 4.98. The maximum Gasteiger partial charge on any atom is 0.131 e. The molecule has 0 radical (unpaired) electrons. The highest BCUT2D eigenvalue weighted by atomic mass is 35.5. The lowest BCUT2D eigenvalue weighted by molar-refractivity contribution is 0.434. The van der Waals surface area contributed by atoms with E-state index in [0.29, 0.717) is 23.5 Å². The van der Waals surface area contributed by atoms with Crippen LogP contribution in [-0.4, -0.2) is 27.1 Å². The van der Waals surface area contributed by atoms with Gasteiger partial charge in [0.15, 0.2) is 0 Å². The first-order valence-corrected chi connectivity index (χ1v) is 6.43. The Balaban J connectivity index is 2.74. The zero-order chi connectivity index (χ0) is 12.3. The molecule has 1 N–H and O–H groups in total. The smallest absolute Gasteiger partial charge is 0.131 e. The van der Waals surface area contributed by atoms with Crippen LogP contribution in [0.3, 0.4) is 0 Å². The van der Waals surface area contributed by atoms with Crippen molar-refractivity contribution < 1.29 is 0 Å². The van der Waals surface area contributed by atoms with Gasteiger partial charge in [0, 0.05) is 36.5 Å². The Morgan fingerprint density at radius 1 is 1.38 bits per heavy atom. The summed E-state index contributed by atoms with van der Waals surface area (Å²) in [4.78, 5) is 0. The van der Waals surface area contributed by atoms with Gasteiger partial charge in [0.05, 0.1) is 5.69 Å². The van der Waals surface area contributed by atoms with E-state index in [1.807, 2.05) is 20.9 Å². The third kappa shape index (κ3) is 3.04. The van der Waals surface area contributed by atoms with Crippen LogP contribution >= 0.6 is 34.8 Å². The molecule has 0 atom stereocenters. The number of rotatable bonds is 5. The van der Waals surface area contributed by atoms with Crippen LogP contribution in [0.1, 0.15) is 18.2 Å². The largest absolute Gasteiger partial charge is 0.305 e. The predicted octanol–water partition coefficient (Wildman–Crippen LogP) is 2.71. The van der Waals surface area contributed by atoms with E-state index in [0.717, 1.165) is 11.3 Å². The molecule has 0 saturated carbocycles. The lowest BCUT2D eigenvalue weighted by Gasteiger charge is -2.26. The van der Waals surface area contributed by atoms with Gasteiger partial charge in [0.25, 0.3) is 0 Å². The summed E-state index contributed by atoms with van der Waals surface area (Å²) in [7, 11) is 1.82. The third-order valence-corrected chi connectivity index (χ3v) is 4.20. The van der Waals surface area contributed by atoms with Crippen LogP contribution in [-0.2, 0) is 13.6 Å². The van der Waals surface area contributed by atoms with Crippen LogP contribution in [0.4, 0.5) is 0 Å². The number of hydrogen-bond donors (Lipinski definition) is 1. The molecule has 3 nitrogen and oxygen atoms in total. The van der Waals surface area contributed by atoms with Crippen molar-refractivity contribution in [3.05, 3.63) is 16.4 Å². The van der Waals surface area contributed by atoms with Crippen molar-refractivity contribution >= 4 is 34.8 Å². The molecule has 1 aromatic rings. The summed E-state index contributed by atoms with van der Waals surface area (Å²) in [6.07, 6.45) is 0. The lowest BCUT2D eigenvalue weighted by atomic mass is 10.1. The van der Waals surface area contributed by atoms with Gasteiger partial charge in [0.2, 0.25) is 0 Å². The Morgan fingerprint density at radius 3 is 2.31 bits per heavy atom. The second kappa shape index (κ2) is 5.58. The van der Waals surface area contributed by atoms with Crippen LogP contribution in [0.2, 0.25) is 5.15 Å². The Labute approximate surface area is 111 Å². The number of hydrogen-bond acceptors (Lipinski definition) is 2. The maximum atomic E-state index is 6.12. The zero-order valence-electron chi connectivity index (χ0n) is 9.65. The van der Waals surface area contributed by atoms with Crippen LogP contribution < -0.4 is 5.32 Å². The van der Waals surface area contributed by atoms with E-state index in [4.69, 9.17) is 34.8 Å². The molecule has 0 aliphatic carbocycles. The van der Waals surface area contributed by atoms with Gasteiger partial charge in [-0.05, 0) is 13.8 Å². The minimum absolute atomic E-state index is 0.283. The summed E-state index contributed by atoms with van der Waals surface area (Å²) in [5.74, 6) is 0.904. The first-order chi connectivity index (χ1) is 7.43. The summed E-state index contributed by atoms with van der Waals surface area (Å²) in [5.41, 5.74) is 1.63. The molecule has 0 unspecified atom stereocenters. The van der Waals surface area contributed by atoms with Crippen LogP contribution in [0.5, 0.6) is 0 Å². The predicted molar refractivity (Wildman–Crippen MR) is 69.6 cm³/mol. The molecule has 1 aromatic heterocycles. The number of aromatic nitrogens is 2. The fourth-order valence-electron chi connectivity index (χ4n) is 1.31. The minimum Gasteiger partial charge on any atom is -0.305 e. The molecule has 0 fully saturated rings. The third-order valence-electron chi connectivity index (χ3n) is 2.55.